The fourth-order valence-corrected chi connectivity index (χ4v) is 1.85. The highest BCUT2D eigenvalue weighted by Crippen LogP contribution is 2.16. The number of nitrogens with zero attached hydrogens (tertiary/aromatic N) is 2. The number of aromatic nitrogens is 1. The Morgan fingerprint density at radius 1 is 1.42 bits per heavy atom. The van der Waals surface area contributed by atoms with Crippen LogP contribution in [0, 0.1) is 0 Å². The lowest BCUT2D eigenvalue weighted by molar-refractivity contribution is 0.988. The third kappa shape index (κ3) is 4.32. The van der Waals surface area contributed by atoms with Crippen LogP contribution in [0.2, 0.25) is 0 Å². The lowest BCUT2D eigenvalue weighted by atomic mass is 10.1. The summed E-state index contributed by atoms with van der Waals surface area (Å²) in [6.07, 6.45) is 7.46. The van der Waals surface area contributed by atoms with Crippen LogP contribution < -0.4 is 0 Å². The summed E-state index contributed by atoms with van der Waals surface area (Å²) in [4.78, 5) is 8.92. The second-order valence-electron chi connectivity index (χ2n) is 4.36. The molecule has 0 N–H and O–H groups in total. The van der Waals surface area contributed by atoms with Crippen LogP contribution in [0.4, 0.5) is 0 Å². The number of rotatable bonds is 6. The second kappa shape index (κ2) is 7.47. The molecule has 0 spiro atoms. The Kier molecular flexibility index (Phi) is 5.94. The van der Waals surface area contributed by atoms with E-state index in [2.05, 4.69) is 31.1 Å². The van der Waals surface area contributed by atoms with Gasteiger partial charge >= 0.3 is 0 Å². The average Bonchev–Trinajstić information content (AvgIpc) is 2.40. The molecule has 0 aromatic carbocycles. The summed E-state index contributed by atoms with van der Waals surface area (Å²) in [5.41, 5.74) is 5.21. The Morgan fingerprint density at radius 3 is 2.68 bits per heavy atom. The Morgan fingerprint density at radius 2 is 2.16 bits per heavy atom. The van der Waals surface area contributed by atoms with Gasteiger partial charge in [0.25, 0.3) is 0 Å². The first-order chi connectivity index (χ1) is 9.12. The van der Waals surface area contributed by atoms with Gasteiger partial charge in [0.15, 0.2) is 0 Å². The van der Waals surface area contributed by atoms with Crippen molar-refractivity contribution in [1.29, 1.82) is 0 Å². The summed E-state index contributed by atoms with van der Waals surface area (Å²) < 4.78 is 0. The van der Waals surface area contributed by atoms with E-state index in [-0.39, 0.29) is 0 Å². The van der Waals surface area contributed by atoms with Gasteiger partial charge in [-0.15, -0.1) is 0 Å². The molecule has 0 bridgehead atoms. The first kappa shape index (κ1) is 15.1. The van der Waals surface area contributed by atoms with Gasteiger partial charge in [0.05, 0.1) is 5.69 Å². The number of aryl methyl sites for hydroxylation is 1. The molecule has 100 valence electrons. The molecule has 0 aliphatic carbocycles. The van der Waals surface area contributed by atoms with Crippen molar-refractivity contribution in [3.8, 4) is 0 Å². The van der Waals surface area contributed by atoms with Gasteiger partial charge in [-0.05, 0) is 37.5 Å². The molecular formula is C17H22N2. The molecule has 19 heavy (non-hydrogen) atoms. The number of allylic oxidation sites excluding steroid dienone is 4. The van der Waals surface area contributed by atoms with Gasteiger partial charge in [-0.1, -0.05) is 38.3 Å². The molecule has 0 saturated carbocycles. The molecule has 1 heterocycles. The maximum atomic E-state index is 4.71. The minimum Gasteiger partial charge on any atom is -0.266 e. The Labute approximate surface area is 116 Å². The molecule has 0 saturated heterocycles. The summed E-state index contributed by atoms with van der Waals surface area (Å²) in [5, 5.41) is 0. The van der Waals surface area contributed by atoms with Gasteiger partial charge in [0.2, 0.25) is 0 Å². The van der Waals surface area contributed by atoms with Crippen LogP contribution >= 0.6 is 0 Å². The Bertz CT molecular complexity index is 522. The first-order valence-corrected chi connectivity index (χ1v) is 6.58. The molecule has 1 aromatic heterocycles. The maximum Gasteiger partial charge on any atom is 0.0701 e. The molecule has 0 atom stereocenters. The van der Waals surface area contributed by atoms with E-state index >= 15 is 0 Å². The summed E-state index contributed by atoms with van der Waals surface area (Å²) in [5.74, 6) is 0. The smallest absolute Gasteiger partial charge is 0.0701 e. The van der Waals surface area contributed by atoms with Crippen molar-refractivity contribution in [2.45, 2.75) is 33.6 Å². The molecular weight excluding hydrogens is 232 g/mol. The van der Waals surface area contributed by atoms with E-state index in [1.807, 2.05) is 38.3 Å². The molecule has 2 heteroatoms. The molecule has 0 aliphatic rings. The molecule has 1 aromatic rings. The monoisotopic (exact) mass is 254 g/mol. The lowest BCUT2D eigenvalue weighted by Gasteiger charge is -2.08. The molecule has 0 unspecified atom stereocenters. The summed E-state index contributed by atoms with van der Waals surface area (Å²) >= 11 is 0. The van der Waals surface area contributed by atoms with Crippen molar-refractivity contribution in [2.24, 2.45) is 4.99 Å². The van der Waals surface area contributed by atoms with Crippen LogP contribution in [0.1, 0.15) is 37.7 Å². The van der Waals surface area contributed by atoms with Crippen LogP contribution in [-0.4, -0.2) is 11.2 Å². The zero-order valence-corrected chi connectivity index (χ0v) is 12.1. The fraction of sp³-hybridized carbons (Fsp3) is 0.294. The van der Waals surface area contributed by atoms with Gasteiger partial charge in [0, 0.05) is 24.0 Å². The molecule has 1 rings (SSSR count). The van der Waals surface area contributed by atoms with Crippen LogP contribution in [-0.2, 0) is 12.8 Å². The predicted molar refractivity (Wildman–Crippen MR) is 84.5 cm³/mol. The van der Waals surface area contributed by atoms with Crippen molar-refractivity contribution in [1.82, 2.24) is 4.98 Å². The van der Waals surface area contributed by atoms with Gasteiger partial charge in [0.1, 0.15) is 0 Å². The maximum absolute atomic E-state index is 4.71. The number of hydrogen-bond donors (Lipinski definition) is 0. The van der Waals surface area contributed by atoms with Gasteiger partial charge in [-0.25, -0.2) is 0 Å². The Balaban J connectivity index is 3.03. The average molecular weight is 254 g/mol. The molecule has 0 fully saturated rings. The van der Waals surface area contributed by atoms with E-state index in [1.54, 1.807) is 0 Å². The van der Waals surface area contributed by atoms with Gasteiger partial charge < -0.3 is 0 Å². The van der Waals surface area contributed by atoms with Gasteiger partial charge in [-0.2, -0.15) is 0 Å². The zero-order chi connectivity index (χ0) is 14.3. The van der Waals surface area contributed by atoms with E-state index < -0.39 is 0 Å². The summed E-state index contributed by atoms with van der Waals surface area (Å²) in [6.45, 7) is 13.6. The largest absolute Gasteiger partial charge is 0.266 e. The van der Waals surface area contributed by atoms with E-state index in [0.29, 0.717) is 0 Å². The first-order valence-electron chi connectivity index (χ1n) is 6.58. The second-order valence-corrected chi connectivity index (χ2v) is 4.36. The van der Waals surface area contributed by atoms with Crippen LogP contribution in [0.25, 0.3) is 5.57 Å². The minimum atomic E-state index is 0.794. The number of aliphatic imine (C=N–C) groups is 1. The zero-order valence-electron chi connectivity index (χ0n) is 12.1. The van der Waals surface area contributed by atoms with E-state index in [1.165, 1.54) is 5.56 Å². The Hall–Kier alpha value is -1.96. The topological polar surface area (TPSA) is 25.2 Å². The van der Waals surface area contributed by atoms with Crippen molar-refractivity contribution in [3.05, 3.63) is 60.1 Å². The molecule has 0 radical (unpaired) electrons. The highest BCUT2D eigenvalue weighted by molar-refractivity contribution is 5.71. The molecule has 2 nitrogen and oxygen atoms in total. The third-order valence-electron chi connectivity index (χ3n) is 2.85. The standard InChI is InChI=1S/C17H22N2/c1-6-14(7-2)17-10-9-15(16(8-3)19-17)11-12-18-13(4)5/h6-7,9-10,12H,1,4,8,11H2,2-3,5H3/b14-7+,18-12-. The van der Waals surface area contributed by atoms with Crippen molar-refractivity contribution in [2.75, 3.05) is 0 Å². The van der Waals surface area contributed by atoms with Gasteiger partial charge in [-0.3, -0.25) is 9.98 Å². The van der Waals surface area contributed by atoms with Crippen molar-refractivity contribution < 1.29 is 0 Å². The SMILES string of the molecule is C=C/C(=C\C)c1ccc(C/C=N\C(=C)C)c(CC)n1. The number of hydrogen-bond acceptors (Lipinski definition) is 2. The van der Waals surface area contributed by atoms with Crippen LogP contribution in [0.3, 0.4) is 0 Å². The van der Waals surface area contributed by atoms with E-state index in [9.17, 15) is 0 Å². The van der Waals surface area contributed by atoms with Crippen molar-refractivity contribution in [3.63, 3.8) is 0 Å². The third-order valence-corrected chi connectivity index (χ3v) is 2.85. The molecule has 0 amide bonds. The predicted octanol–water partition coefficient (Wildman–Crippen LogP) is 4.38. The quantitative estimate of drug-likeness (QED) is 0.546. The minimum absolute atomic E-state index is 0.794. The lowest BCUT2D eigenvalue weighted by Crippen LogP contribution is -2.00. The van der Waals surface area contributed by atoms with E-state index in [4.69, 9.17) is 4.98 Å². The number of pyridine rings is 1. The summed E-state index contributed by atoms with van der Waals surface area (Å²) in [6, 6.07) is 4.17. The highest BCUT2D eigenvalue weighted by atomic mass is 14.7. The highest BCUT2D eigenvalue weighted by Gasteiger charge is 2.05. The van der Waals surface area contributed by atoms with Crippen LogP contribution in [0.15, 0.2) is 48.1 Å². The summed E-state index contributed by atoms with van der Waals surface area (Å²) in [7, 11) is 0. The fourth-order valence-electron chi connectivity index (χ4n) is 1.85. The molecule has 0 aliphatic heterocycles. The normalized spacial score (nSPS) is 11.8. The van der Waals surface area contributed by atoms with Crippen molar-refractivity contribution >= 4 is 11.8 Å². The van der Waals surface area contributed by atoms with Crippen LogP contribution in [0.5, 0.6) is 0 Å². The van der Waals surface area contributed by atoms with E-state index in [0.717, 1.165) is 35.5 Å².